The average molecular weight is 298 g/mol. The van der Waals surface area contributed by atoms with E-state index in [9.17, 15) is 0 Å². The minimum absolute atomic E-state index is 0.717. The van der Waals surface area contributed by atoms with Crippen LogP contribution in [0.15, 0.2) is 52.3 Å². The van der Waals surface area contributed by atoms with E-state index in [4.69, 9.17) is 0 Å². The zero-order valence-corrected chi connectivity index (χ0v) is 13.1. The van der Waals surface area contributed by atoms with E-state index >= 15 is 0 Å². The van der Waals surface area contributed by atoms with Crippen molar-refractivity contribution in [3.05, 3.63) is 59.2 Å². The van der Waals surface area contributed by atoms with Crippen LogP contribution in [0.25, 0.3) is 0 Å². The van der Waals surface area contributed by atoms with E-state index in [-0.39, 0.29) is 0 Å². The number of benzene rings is 2. The fraction of sp³-hybridized carbons (Fsp3) is 0.333. The van der Waals surface area contributed by atoms with Crippen LogP contribution in [-0.2, 0) is 12.8 Å². The molecule has 0 aromatic heterocycles. The van der Waals surface area contributed by atoms with Crippen LogP contribution in [0.2, 0.25) is 0 Å². The molecule has 1 aliphatic heterocycles. The van der Waals surface area contributed by atoms with Crippen molar-refractivity contribution in [2.75, 3.05) is 11.5 Å². The van der Waals surface area contributed by atoms with Crippen LogP contribution >= 0.6 is 23.5 Å². The van der Waals surface area contributed by atoms with Gasteiger partial charge < -0.3 is 0 Å². The summed E-state index contributed by atoms with van der Waals surface area (Å²) in [4.78, 5) is 2.95. The Morgan fingerprint density at radius 1 is 1.05 bits per heavy atom. The van der Waals surface area contributed by atoms with Gasteiger partial charge in [0.15, 0.2) is 0 Å². The van der Waals surface area contributed by atoms with Crippen LogP contribution in [0.5, 0.6) is 0 Å². The van der Waals surface area contributed by atoms with Gasteiger partial charge in [-0.1, -0.05) is 24.3 Å². The van der Waals surface area contributed by atoms with Crippen molar-refractivity contribution in [2.45, 2.75) is 35.0 Å². The molecule has 1 aliphatic carbocycles. The highest BCUT2D eigenvalue weighted by Gasteiger charge is 2.22. The highest BCUT2D eigenvalue weighted by atomic mass is 32.2. The molecule has 0 amide bonds. The van der Waals surface area contributed by atoms with Gasteiger partial charge in [0.2, 0.25) is 0 Å². The minimum atomic E-state index is 0.717. The largest absolute Gasteiger partial charge is 0.125 e. The van der Waals surface area contributed by atoms with Gasteiger partial charge in [0, 0.05) is 27.2 Å². The van der Waals surface area contributed by atoms with E-state index < -0.39 is 0 Å². The van der Waals surface area contributed by atoms with E-state index in [2.05, 4.69) is 42.5 Å². The molecule has 0 fully saturated rings. The summed E-state index contributed by atoms with van der Waals surface area (Å²) >= 11 is 4.05. The van der Waals surface area contributed by atoms with E-state index in [1.807, 2.05) is 23.5 Å². The van der Waals surface area contributed by atoms with Gasteiger partial charge in [0.05, 0.1) is 0 Å². The van der Waals surface area contributed by atoms with E-state index in [0.29, 0.717) is 0 Å². The van der Waals surface area contributed by atoms with Crippen molar-refractivity contribution in [3.8, 4) is 0 Å². The van der Waals surface area contributed by atoms with Gasteiger partial charge in [0.1, 0.15) is 0 Å². The summed E-state index contributed by atoms with van der Waals surface area (Å²) in [6, 6.07) is 16.0. The Bertz CT molecular complexity index is 633. The van der Waals surface area contributed by atoms with E-state index in [1.165, 1.54) is 40.6 Å². The molecule has 20 heavy (non-hydrogen) atoms. The standard InChI is InChI=1S/C18H18S2/c1-2-7-18-17(6-1)15(12-20-18)11-19-16-9-8-13-4-3-5-14(13)10-16/h1-2,6-10,15H,3-5,11-12H2. The number of thioether (sulfide) groups is 2. The summed E-state index contributed by atoms with van der Waals surface area (Å²) < 4.78 is 0. The van der Waals surface area contributed by atoms with Crippen molar-refractivity contribution < 1.29 is 0 Å². The summed E-state index contributed by atoms with van der Waals surface area (Å²) in [5.74, 6) is 3.18. The summed E-state index contributed by atoms with van der Waals surface area (Å²) in [7, 11) is 0. The first-order chi connectivity index (χ1) is 9.90. The predicted octanol–water partition coefficient (Wildman–Crippen LogP) is 5.16. The Kier molecular flexibility index (Phi) is 3.53. The van der Waals surface area contributed by atoms with Crippen molar-refractivity contribution in [3.63, 3.8) is 0 Å². The number of aryl methyl sites for hydroxylation is 2. The quantitative estimate of drug-likeness (QED) is 0.718. The Morgan fingerprint density at radius 3 is 2.95 bits per heavy atom. The van der Waals surface area contributed by atoms with E-state index in [1.54, 1.807) is 16.7 Å². The Hall–Kier alpha value is -0.860. The fourth-order valence-electron chi connectivity index (χ4n) is 3.20. The molecule has 0 spiro atoms. The van der Waals surface area contributed by atoms with Crippen molar-refractivity contribution in [2.24, 2.45) is 0 Å². The normalized spacial score (nSPS) is 19.9. The Morgan fingerprint density at radius 2 is 1.95 bits per heavy atom. The van der Waals surface area contributed by atoms with Crippen molar-refractivity contribution in [1.29, 1.82) is 0 Å². The number of fused-ring (bicyclic) bond motifs is 2. The molecule has 1 atom stereocenters. The first-order valence-electron chi connectivity index (χ1n) is 7.36. The zero-order chi connectivity index (χ0) is 13.4. The predicted molar refractivity (Wildman–Crippen MR) is 89.1 cm³/mol. The molecular weight excluding hydrogens is 280 g/mol. The third-order valence-electron chi connectivity index (χ3n) is 4.32. The monoisotopic (exact) mass is 298 g/mol. The van der Waals surface area contributed by atoms with Gasteiger partial charge in [-0.2, -0.15) is 0 Å². The molecule has 0 saturated carbocycles. The highest BCUT2D eigenvalue weighted by Crippen LogP contribution is 2.42. The SMILES string of the molecule is c1ccc2c(c1)SCC2CSc1ccc2c(c1)CCC2. The van der Waals surface area contributed by atoms with Crippen molar-refractivity contribution >= 4 is 23.5 Å². The molecule has 0 bridgehead atoms. The van der Waals surface area contributed by atoms with Crippen LogP contribution in [0.3, 0.4) is 0 Å². The van der Waals surface area contributed by atoms with Crippen LogP contribution in [0.1, 0.15) is 29.0 Å². The van der Waals surface area contributed by atoms with Crippen LogP contribution in [0, 0.1) is 0 Å². The summed E-state index contributed by atoms with van der Waals surface area (Å²) in [5.41, 5.74) is 4.73. The molecule has 0 saturated heterocycles. The molecule has 0 radical (unpaired) electrons. The van der Waals surface area contributed by atoms with Gasteiger partial charge in [-0.05, 0) is 54.2 Å². The third kappa shape index (κ3) is 2.40. The van der Waals surface area contributed by atoms with Crippen molar-refractivity contribution in [1.82, 2.24) is 0 Å². The minimum Gasteiger partial charge on any atom is -0.125 e. The summed E-state index contributed by atoms with van der Waals surface area (Å²) in [6.07, 6.45) is 3.91. The smallest absolute Gasteiger partial charge is 0.0108 e. The maximum atomic E-state index is 2.43. The van der Waals surface area contributed by atoms with Crippen LogP contribution in [0.4, 0.5) is 0 Å². The second-order valence-electron chi connectivity index (χ2n) is 5.64. The van der Waals surface area contributed by atoms with Gasteiger partial charge in [0.25, 0.3) is 0 Å². The van der Waals surface area contributed by atoms with Crippen LogP contribution < -0.4 is 0 Å². The van der Waals surface area contributed by atoms with Gasteiger partial charge >= 0.3 is 0 Å². The third-order valence-corrected chi connectivity index (χ3v) is 6.73. The van der Waals surface area contributed by atoms with E-state index in [0.717, 1.165) is 5.92 Å². The zero-order valence-electron chi connectivity index (χ0n) is 11.5. The molecule has 1 heterocycles. The Labute approximate surface area is 129 Å². The molecule has 2 aromatic rings. The molecule has 2 aliphatic rings. The second-order valence-corrected chi connectivity index (χ2v) is 7.80. The summed E-state index contributed by atoms with van der Waals surface area (Å²) in [5, 5.41) is 0. The molecule has 0 nitrogen and oxygen atoms in total. The molecular formula is C18H18S2. The summed E-state index contributed by atoms with van der Waals surface area (Å²) in [6.45, 7) is 0. The maximum absolute atomic E-state index is 2.43. The first kappa shape index (κ1) is 12.8. The second kappa shape index (κ2) is 5.50. The van der Waals surface area contributed by atoms with Gasteiger partial charge in [-0.3, -0.25) is 0 Å². The highest BCUT2D eigenvalue weighted by molar-refractivity contribution is 8.00. The lowest BCUT2D eigenvalue weighted by Gasteiger charge is -2.11. The molecule has 102 valence electrons. The van der Waals surface area contributed by atoms with Crippen LogP contribution in [-0.4, -0.2) is 11.5 Å². The van der Waals surface area contributed by atoms with Gasteiger partial charge in [-0.25, -0.2) is 0 Å². The average Bonchev–Trinajstić information content (AvgIpc) is 3.11. The number of hydrogen-bond donors (Lipinski definition) is 0. The number of rotatable bonds is 3. The topological polar surface area (TPSA) is 0 Å². The lowest BCUT2D eigenvalue weighted by molar-refractivity contribution is 0.896. The molecule has 4 rings (SSSR count). The molecule has 0 N–H and O–H groups in total. The number of hydrogen-bond acceptors (Lipinski definition) is 2. The maximum Gasteiger partial charge on any atom is 0.0108 e. The lowest BCUT2D eigenvalue weighted by atomic mass is 10.0. The first-order valence-corrected chi connectivity index (χ1v) is 9.33. The van der Waals surface area contributed by atoms with Gasteiger partial charge in [-0.15, -0.1) is 23.5 Å². The Balaban J connectivity index is 1.46. The fourth-order valence-corrected chi connectivity index (χ4v) is 5.69. The lowest BCUT2D eigenvalue weighted by Crippen LogP contribution is -2.00. The molecule has 2 heteroatoms. The molecule has 2 aromatic carbocycles. The molecule has 1 unspecified atom stereocenters.